The highest BCUT2D eigenvalue weighted by Crippen LogP contribution is 2.19. The van der Waals surface area contributed by atoms with E-state index in [9.17, 15) is 0 Å². The van der Waals surface area contributed by atoms with Crippen LogP contribution in [0.5, 0.6) is 0 Å². The van der Waals surface area contributed by atoms with Crippen molar-refractivity contribution in [3.8, 4) is 0 Å². The molecule has 0 aliphatic carbocycles. The van der Waals surface area contributed by atoms with Gasteiger partial charge in [0.2, 0.25) is 0 Å². The van der Waals surface area contributed by atoms with Gasteiger partial charge in [-0.05, 0) is 20.8 Å². The molecule has 2 aromatic heterocycles. The summed E-state index contributed by atoms with van der Waals surface area (Å²) in [6, 6.07) is 0.307. The third-order valence-corrected chi connectivity index (χ3v) is 2.48. The maximum Gasteiger partial charge on any atom is 0.154 e. The van der Waals surface area contributed by atoms with Crippen LogP contribution in [0.1, 0.15) is 25.6 Å². The molecule has 0 aliphatic heterocycles. The first-order chi connectivity index (χ1) is 6.61. The molecule has 1 N–H and O–H groups in total. The smallest absolute Gasteiger partial charge is 0.154 e. The van der Waals surface area contributed by atoms with Crippen LogP contribution >= 0.6 is 12.2 Å². The fourth-order valence-electron chi connectivity index (χ4n) is 1.54. The van der Waals surface area contributed by atoms with Gasteiger partial charge < -0.3 is 0 Å². The number of hydrogen-bond donors (Lipinski definition) is 1. The van der Waals surface area contributed by atoms with Crippen LogP contribution in [0.15, 0.2) is 6.20 Å². The molecular formula is C9H12N4S. The quantitative estimate of drug-likeness (QED) is 0.732. The zero-order valence-electron chi connectivity index (χ0n) is 8.40. The number of hydrogen-bond acceptors (Lipinski definition) is 3. The Morgan fingerprint density at radius 3 is 2.86 bits per heavy atom. The van der Waals surface area contributed by atoms with Crippen molar-refractivity contribution in [1.82, 2.24) is 20.0 Å². The number of nitrogens with zero attached hydrogens (tertiary/aromatic N) is 3. The second-order valence-corrected chi connectivity index (χ2v) is 4.02. The average molecular weight is 208 g/mol. The monoisotopic (exact) mass is 208 g/mol. The van der Waals surface area contributed by atoms with Gasteiger partial charge in [0.05, 0.1) is 21.8 Å². The maximum atomic E-state index is 5.21. The molecule has 2 heterocycles. The van der Waals surface area contributed by atoms with Gasteiger partial charge in [0, 0.05) is 6.04 Å². The summed E-state index contributed by atoms with van der Waals surface area (Å²) in [5.74, 6) is 0. The molecule has 4 nitrogen and oxygen atoms in total. The molecule has 0 spiro atoms. The first-order valence-corrected chi connectivity index (χ1v) is 4.94. The van der Waals surface area contributed by atoms with Crippen LogP contribution in [0.2, 0.25) is 0 Å². The highest BCUT2D eigenvalue weighted by atomic mass is 32.1. The van der Waals surface area contributed by atoms with E-state index in [0.717, 1.165) is 21.2 Å². The topological polar surface area (TPSA) is 46.5 Å². The molecular weight excluding hydrogens is 196 g/mol. The van der Waals surface area contributed by atoms with E-state index < -0.39 is 0 Å². The van der Waals surface area contributed by atoms with Crippen molar-refractivity contribution in [3.05, 3.63) is 16.4 Å². The van der Waals surface area contributed by atoms with E-state index in [2.05, 4.69) is 29.1 Å². The van der Waals surface area contributed by atoms with E-state index in [1.807, 2.05) is 11.6 Å². The predicted molar refractivity (Wildman–Crippen MR) is 57.8 cm³/mol. The normalized spacial score (nSPS) is 11.4. The summed E-state index contributed by atoms with van der Waals surface area (Å²) in [5, 5.41) is 12.4. The van der Waals surface area contributed by atoms with Gasteiger partial charge in [-0.1, -0.05) is 12.2 Å². The largest absolute Gasteiger partial charge is 0.261 e. The van der Waals surface area contributed by atoms with E-state index in [0.29, 0.717) is 6.04 Å². The Balaban J connectivity index is 2.91. The Morgan fingerprint density at radius 1 is 1.50 bits per heavy atom. The van der Waals surface area contributed by atoms with Gasteiger partial charge in [0.25, 0.3) is 0 Å². The Kier molecular flexibility index (Phi) is 2.11. The standard InChI is InChI=1S/C9H12N4S/c1-5(2)13-9-8(6(3)12-13)7(14)4-10-11-9/h4-5H,1-3H3,(H,11,14). The highest BCUT2D eigenvalue weighted by molar-refractivity contribution is 7.71. The van der Waals surface area contributed by atoms with Crippen LogP contribution in [0.25, 0.3) is 11.0 Å². The average Bonchev–Trinajstić information content (AvgIpc) is 2.45. The number of nitrogens with one attached hydrogen (secondary N) is 1. The SMILES string of the molecule is Cc1nn(C(C)C)c2[nH]ncc(=S)c12. The summed E-state index contributed by atoms with van der Waals surface area (Å²) < 4.78 is 2.66. The van der Waals surface area contributed by atoms with Gasteiger partial charge in [-0.15, -0.1) is 0 Å². The number of aromatic nitrogens is 4. The molecule has 0 unspecified atom stereocenters. The van der Waals surface area contributed by atoms with Crippen LogP contribution in [0.4, 0.5) is 0 Å². The molecule has 74 valence electrons. The van der Waals surface area contributed by atoms with Crippen LogP contribution in [-0.4, -0.2) is 20.0 Å². The van der Waals surface area contributed by atoms with Crippen LogP contribution in [-0.2, 0) is 0 Å². The first-order valence-electron chi connectivity index (χ1n) is 4.53. The lowest BCUT2D eigenvalue weighted by molar-refractivity contribution is 0.541. The number of rotatable bonds is 1. The molecule has 0 amide bonds. The minimum atomic E-state index is 0.307. The van der Waals surface area contributed by atoms with Crippen LogP contribution in [0, 0.1) is 11.4 Å². The second kappa shape index (κ2) is 3.16. The summed E-state index contributed by atoms with van der Waals surface area (Å²) in [5.41, 5.74) is 1.86. The number of H-pyrrole nitrogens is 1. The lowest BCUT2D eigenvalue weighted by atomic mass is 10.3. The van der Waals surface area contributed by atoms with Crippen molar-refractivity contribution < 1.29 is 0 Å². The molecule has 14 heavy (non-hydrogen) atoms. The molecule has 0 fully saturated rings. The minimum Gasteiger partial charge on any atom is -0.261 e. The zero-order valence-corrected chi connectivity index (χ0v) is 9.22. The zero-order chi connectivity index (χ0) is 10.3. The Hall–Kier alpha value is -1.23. The van der Waals surface area contributed by atoms with Gasteiger partial charge in [-0.25, -0.2) is 4.68 Å². The Labute approximate surface area is 86.9 Å². The number of aromatic amines is 1. The molecule has 0 atom stereocenters. The van der Waals surface area contributed by atoms with Gasteiger partial charge in [-0.3, -0.25) is 5.10 Å². The maximum absolute atomic E-state index is 5.21. The lowest BCUT2D eigenvalue weighted by Crippen LogP contribution is -2.04. The summed E-state index contributed by atoms with van der Waals surface area (Å²) in [4.78, 5) is 0. The molecule has 0 saturated carbocycles. The van der Waals surface area contributed by atoms with Crippen molar-refractivity contribution >= 4 is 23.3 Å². The van der Waals surface area contributed by atoms with Gasteiger partial charge in [0.15, 0.2) is 5.65 Å². The molecule has 0 aliphatic rings. The van der Waals surface area contributed by atoms with E-state index in [1.54, 1.807) is 6.20 Å². The summed E-state index contributed by atoms with van der Waals surface area (Å²) in [6.45, 7) is 6.12. The Morgan fingerprint density at radius 2 is 2.21 bits per heavy atom. The van der Waals surface area contributed by atoms with Crippen molar-refractivity contribution in [3.63, 3.8) is 0 Å². The molecule has 0 aromatic carbocycles. The Bertz CT molecular complexity index is 523. The first kappa shape index (κ1) is 9.33. The van der Waals surface area contributed by atoms with Gasteiger partial charge in [0.1, 0.15) is 0 Å². The van der Waals surface area contributed by atoms with E-state index in [-0.39, 0.29) is 0 Å². The van der Waals surface area contributed by atoms with E-state index >= 15 is 0 Å². The fraction of sp³-hybridized carbons (Fsp3) is 0.444. The van der Waals surface area contributed by atoms with Crippen LogP contribution in [0.3, 0.4) is 0 Å². The highest BCUT2D eigenvalue weighted by Gasteiger charge is 2.10. The van der Waals surface area contributed by atoms with Crippen LogP contribution < -0.4 is 0 Å². The van der Waals surface area contributed by atoms with Crippen molar-refractivity contribution in [2.45, 2.75) is 26.8 Å². The van der Waals surface area contributed by atoms with E-state index in [1.165, 1.54) is 0 Å². The third-order valence-electron chi connectivity index (χ3n) is 2.17. The van der Waals surface area contributed by atoms with Crippen molar-refractivity contribution in [2.75, 3.05) is 0 Å². The van der Waals surface area contributed by atoms with Gasteiger partial charge >= 0.3 is 0 Å². The van der Waals surface area contributed by atoms with Crippen molar-refractivity contribution in [2.24, 2.45) is 0 Å². The second-order valence-electron chi connectivity index (χ2n) is 3.58. The molecule has 2 aromatic rings. The molecule has 5 heteroatoms. The predicted octanol–water partition coefficient (Wildman–Crippen LogP) is 2.38. The number of fused-ring (bicyclic) bond motifs is 1. The molecule has 0 saturated heterocycles. The molecule has 0 bridgehead atoms. The lowest BCUT2D eigenvalue weighted by Gasteiger charge is -2.05. The summed E-state index contributed by atoms with van der Waals surface area (Å²) in [7, 11) is 0. The molecule has 2 rings (SSSR count). The number of aryl methyl sites for hydroxylation is 1. The molecule has 0 radical (unpaired) electrons. The third kappa shape index (κ3) is 1.24. The van der Waals surface area contributed by atoms with E-state index in [4.69, 9.17) is 12.2 Å². The van der Waals surface area contributed by atoms with Crippen molar-refractivity contribution in [1.29, 1.82) is 0 Å². The van der Waals surface area contributed by atoms with Gasteiger partial charge in [-0.2, -0.15) is 10.2 Å². The minimum absolute atomic E-state index is 0.307. The fourth-order valence-corrected chi connectivity index (χ4v) is 1.84. The summed E-state index contributed by atoms with van der Waals surface area (Å²) >= 11 is 5.21. The summed E-state index contributed by atoms with van der Waals surface area (Å²) in [6.07, 6.45) is 1.65.